The minimum absolute atomic E-state index is 0.0469. The first-order valence-electron chi connectivity index (χ1n) is 5.88. The highest BCUT2D eigenvalue weighted by atomic mass is 19.4. The van der Waals surface area contributed by atoms with Crippen LogP contribution < -0.4 is 5.32 Å². The predicted molar refractivity (Wildman–Crippen MR) is 63.7 cm³/mol. The Balaban J connectivity index is 2.75. The van der Waals surface area contributed by atoms with E-state index in [1.807, 2.05) is 0 Å². The third kappa shape index (κ3) is 4.59. The SMILES string of the molecule is CC(CO)C(C)NC(=O)c1cccn1CC(F)(F)F. The summed E-state index contributed by atoms with van der Waals surface area (Å²) in [6, 6.07) is 2.39. The molecule has 108 valence electrons. The Bertz CT molecular complexity index is 429. The molecular weight excluding hydrogens is 261 g/mol. The van der Waals surface area contributed by atoms with E-state index in [0.29, 0.717) is 0 Å². The number of aliphatic hydroxyl groups is 1. The topological polar surface area (TPSA) is 54.3 Å². The molecule has 2 atom stereocenters. The Morgan fingerprint density at radius 2 is 2.11 bits per heavy atom. The second-order valence-corrected chi connectivity index (χ2v) is 4.56. The lowest BCUT2D eigenvalue weighted by molar-refractivity contribution is -0.140. The summed E-state index contributed by atoms with van der Waals surface area (Å²) in [5.41, 5.74) is -0.0469. The van der Waals surface area contributed by atoms with Crippen molar-refractivity contribution in [2.45, 2.75) is 32.6 Å². The number of aromatic nitrogens is 1. The summed E-state index contributed by atoms with van der Waals surface area (Å²) in [5, 5.41) is 11.5. The van der Waals surface area contributed by atoms with Crippen LogP contribution in [-0.4, -0.2) is 34.4 Å². The van der Waals surface area contributed by atoms with Gasteiger partial charge in [0.15, 0.2) is 0 Å². The highest BCUT2D eigenvalue weighted by Gasteiger charge is 2.29. The molecular formula is C12H17F3N2O2. The molecule has 1 aromatic rings. The molecule has 1 amide bonds. The van der Waals surface area contributed by atoms with Crippen molar-refractivity contribution in [2.24, 2.45) is 5.92 Å². The van der Waals surface area contributed by atoms with Crippen molar-refractivity contribution < 1.29 is 23.1 Å². The average Bonchev–Trinajstić information content (AvgIpc) is 2.73. The molecule has 0 fully saturated rings. The van der Waals surface area contributed by atoms with Gasteiger partial charge in [-0.1, -0.05) is 6.92 Å². The van der Waals surface area contributed by atoms with Gasteiger partial charge >= 0.3 is 6.18 Å². The molecule has 0 aliphatic rings. The Hall–Kier alpha value is -1.50. The van der Waals surface area contributed by atoms with Crippen LogP contribution in [-0.2, 0) is 6.54 Å². The molecule has 0 aromatic carbocycles. The monoisotopic (exact) mass is 278 g/mol. The molecule has 0 bridgehead atoms. The van der Waals surface area contributed by atoms with Crippen molar-refractivity contribution >= 4 is 5.91 Å². The summed E-state index contributed by atoms with van der Waals surface area (Å²) in [6.45, 7) is 2.12. The number of carbonyl (C=O) groups is 1. The number of rotatable bonds is 5. The summed E-state index contributed by atoms with van der Waals surface area (Å²) in [6.07, 6.45) is -3.17. The molecule has 7 heteroatoms. The fraction of sp³-hybridized carbons (Fsp3) is 0.583. The highest BCUT2D eigenvalue weighted by molar-refractivity contribution is 5.92. The van der Waals surface area contributed by atoms with Gasteiger partial charge in [0, 0.05) is 18.8 Å². The van der Waals surface area contributed by atoms with Gasteiger partial charge in [0.2, 0.25) is 0 Å². The lowest BCUT2D eigenvalue weighted by atomic mass is 10.1. The molecule has 2 N–H and O–H groups in total. The zero-order valence-corrected chi connectivity index (χ0v) is 10.7. The molecule has 0 aliphatic heterocycles. The maximum absolute atomic E-state index is 12.3. The van der Waals surface area contributed by atoms with E-state index in [2.05, 4.69) is 5.32 Å². The van der Waals surface area contributed by atoms with Crippen molar-refractivity contribution in [3.63, 3.8) is 0 Å². The van der Waals surface area contributed by atoms with Crippen LogP contribution in [0.1, 0.15) is 24.3 Å². The second-order valence-electron chi connectivity index (χ2n) is 4.56. The molecule has 1 heterocycles. The number of amides is 1. The molecule has 0 saturated carbocycles. The number of halogens is 3. The second kappa shape index (κ2) is 6.10. The van der Waals surface area contributed by atoms with Crippen molar-refractivity contribution in [2.75, 3.05) is 6.61 Å². The van der Waals surface area contributed by atoms with Gasteiger partial charge in [-0.15, -0.1) is 0 Å². The van der Waals surface area contributed by atoms with Crippen LogP contribution in [0.25, 0.3) is 0 Å². The van der Waals surface area contributed by atoms with Crippen LogP contribution in [0.5, 0.6) is 0 Å². The van der Waals surface area contributed by atoms with Crippen LogP contribution in [0.4, 0.5) is 13.2 Å². The van der Waals surface area contributed by atoms with E-state index in [-0.39, 0.29) is 24.3 Å². The van der Waals surface area contributed by atoms with E-state index in [0.717, 1.165) is 4.57 Å². The van der Waals surface area contributed by atoms with Gasteiger partial charge in [-0.05, 0) is 25.0 Å². The zero-order chi connectivity index (χ0) is 14.6. The predicted octanol–water partition coefficient (Wildman–Crippen LogP) is 1.80. The highest BCUT2D eigenvalue weighted by Crippen LogP contribution is 2.19. The molecule has 0 saturated heterocycles. The fourth-order valence-corrected chi connectivity index (χ4v) is 1.53. The van der Waals surface area contributed by atoms with Crippen molar-refractivity contribution in [3.05, 3.63) is 24.0 Å². The number of nitrogens with zero attached hydrogens (tertiary/aromatic N) is 1. The Morgan fingerprint density at radius 3 is 2.63 bits per heavy atom. The third-order valence-electron chi connectivity index (χ3n) is 2.91. The van der Waals surface area contributed by atoms with Crippen molar-refractivity contribution in [1.29, 1.82) is 0 Å². The van der Waals surface area contributed by atoms with Crippen LogP contribution in [0.3, 0.4) is 0 Å². The maximum atomic E-state index is 12.3. The van der Waals surface area contributed by atoms with Gasteiger partial charge in [-0.2, -0.15) is 13.2 Å². The molecule has 19 heavy (non-hydrogen) atoms. The minimum Gasteiger partial charge on any atom is -0.396 e. The minimum atomic E-state index is -4.38. The third-order valence-corrected chi connectivity index (χ3v) is 2.91. The maximum Gasteiger partial charge on any atom is 0.406 e. The van der Waals surface area contributed by atoms with E-state index >= 15 is 0 Å². The van der Waals surface area contributed by atoms with Gasteiger partial charge < -0.3 is 15.0 Å². The summed E-state index contributed by atoms with van der Waals surface area (Å²) in [5.74, 6) is -0.753. The molecule has 0 radical (unpaired) electrons. The number of carbonyl (C=O) groups excluding carboxylic acids is 1. The van der Waals surface area contributed by atoms with Crippen LogP contribution in [0.2, 0.25) is 0 Å². The van der Waals surface area contributed by atoms with Crippen molar-refractivity contribution in [1.82, 2.24) is 9.88 Å². The van der Waals surface area contributed by atoms with Crippen molar-refractivity contribution in [3.8, 4) is 0 Å². The number of hydrogen-bond acceptors (Lipinski definition) is 2. The van der Waals surface area contributed by atoms with E-state index in [1.54, 1.807) is 13.8 Å². The molecule has 0 aliphatic carbocycles. The van der Waals surface area contributed by atoms with Crippen LogP contribution >= 0.6 is 0 Å². The first-order chi connectivity index (χ1) is 8.74. The van der Waals surface area contributed by atoms with E-state index in [9.17, 15) is 18.0 Å². The number of alkyl halides is 3. The summed E-state index contributed by atoms with van der Waals surface area (Å²) < 4.78 is 37.8. The fourth-order valence-electron chi connectivity index (χ4n) is 1.53. The average molecular weight is 278 g/mol. The van der Waals surface area contributed by atoms with E-state index in [4.69, 9.17) is 5.11 Å². The van der Waals surface area contributed by atoms with Crippen LogP contribution in [0, 0.1) is 5.92 Å². The van der Waals surface area contributed by atoms with Gasteiger partial charge in [0.1, 0.15) is 12.2 Å². The largest absolute Gasteiger partial charge is 0.406 e. The number of hydrogen-bond donors (Lipinski definition) is 2. The van der Waals surface area contributed by atoms with Crippen LogP contribution in [0.15, 0.2) is 18.3 Å². The molecule has 2 unspecified atom stereocenters. The van der Waals surface area contributed by atoms with Gasteiger partial charge in [0.25, 0.3) is 5.91 Å². The Morgan fingerprint density at radius 1 is 1.47 bits per heavy atom. The van der Waals surface area contributed by atoms with Gasteiger partial charge in [0.05, 0.1) is 0 Å². The Kier molecular flexibility index (Phi) is 4.99. The molecule has 1 rings (SSSR count). The summed E-state index contributed by atoms with van der Waals surface area (Å²) in [4.78, 5) is 11.9. The lowest BCUT2D eigenvalue weighted by Gasteiger charge is -2.20. The standard InChI is InChI=1S/C12H17F3N2O2/c1-8(6-18)9(2)16-11(19)10-4-3-5-17(10)7-12(13,14)15/h3-5,8-9,18H,6-7H2,1-2H3,(H,16,19). The summed E-state index contributed by atoms with van der Waals surface area (Å²) >= 11 is 0. The normalized spacial score (nSPS) is 15.1. The first-order valence-corrected chi connectivity index (χ1v) is 5.88. The Labute approximate surface area is 109 Å². The quantitative estimate of drug-likeness (QED) is 0.863. The van der Waals surface area contributed by atoms with E-state index in [1.165, 1.54) is 18.3 Å². The smallest absolute Gasteiger partial charge is 0.396 e. The number of nitrogens with one attached hydrogen (secondary N) is 1. The summed E-state index contributed by atoms with van der Waals surface area (Å²) in [7, 11) is 0. The first kappa shape index (κ1) is 15.6. The van der Waals surface area contributed by atoms with Gasteiger partial charge in [-0.3, -0.25) is 4.79 Å². The number of aliphatic hydroxyl groups excluding tert-OH is 1. The lowest BCUT2D eigenvalue weighted by Crippen LogP contribution is -2.39. The molecule has 1 aromatic heterocycles. The van der Waals surface area contributed by atoms with Gasteiger partial charge in [-0.25, -0.2) is 0 Å². The molecule has 0 spiro atoms. The van der Waals surface area contributed by atoms with E-state index < -0.39 is 18.6 Å². The zero-order valence-electron chi connectivity index (χ0n) is 10.7. The molecule has 4 nitrogen and oxygen atoms in total.